The average Bonchev–Trinajstić information content (AvgIpc) is 3.57. The van der Waals surface area contributed by atoms with Crippen LogP contribution in [-0.4, -0.2) is 98.6 Å². The SMILES string of the molecule is CN=C(NCCN1CCN(C(=O)C2CCCC2)CC1)NC1CCN(CC2CCCC2)C1.I. The van der Waals surface area contributed by atoms with E-state index in [0.717, 1.165) is 70.5 Å². The molecule has 0 spiro atoms. The molecule has 4 rings (SSSR count). The molecule has 0 aromatic rings. The van der Waals surface area contributed by atoms with Crippen molar-refractivity contribution in [2.75, 3.05) is 66.0 Å². The normalized spacial score (nSPS) is 26.5. The van der Waals surface area contributed by atoms with Crippen molar-refractivity contribution in [3.8, 4) is 0 Å². The highest BCUT2D eigenvalue weighted by molar-refractivity contribution is 14.0. The van der Waals surface area contributed by atoms with E-state index in [1.165, 1.54) is 58.0 Å². The van der Waals surface area contributed by atoms with Crippen LogP contribution in [0.25, 0.3) is 0 Å². The summed E-state index contributed by atoms with van der Waals surface area (Å²) in [6.45, 7) is 9.32. The lowest BCUT2D eigenvalue weighted by atomic mass is 10.1. The monoisotopic (exact) mass is 560 g/mol. The molecule has 1 atom stereocenters. The van der Waals surface area contributed by atoms with Crippen molar-refractivity contribution in [2.24, 2.45) is 16.8 Å². The summed E-state index contributed by atoms with van der Waals surface area (Å²) in [5, 5.41) is 7.15. The van der Waals surface area contributed by atoms with Gasteiger partial charge in [0, 0.05) is 77.9 Å². The van der Waals surface area contributed by atoms with Crippen molar-refractivity contribution in [2.45, 2.75) is 63.8 Å². The molecule has 0 bridgehead atoms. The first kappa shape index (κ1) is 26.0. The van der Waals surface area contributed by atoms with E-state index in [1.54, 1.807) is 0 Å². The van der Waals surface area contributed by atoms with Crippen LogP contribution in [-0.2, 0) is 4.79 Å². The Bertz CT molecular complexity index is 597. The van der Waals surface area contributed by atoms with E-state index in [1.807, 2.05) is 7.05 Å². The van der Waals surface area contributed by atoms with Crippen LogP contribution in [0.5, 0.6) is 0 Å². The number of aliphatic imine (C=N–C) groups is 1. The van der Waals surface area contributed by atoms with Gasteiger partial charge in [-0.15, -0.1) is 24.0 Å². The van der Waals surface area contributed by atoms with Crippen LogP contribution in [0.2, 0.25) is 0 Å². The molecule has 8 heteroatoms. The first-order valence-corrected chi connectivity index (χ1v) is 12.9. The number of hydrogen-bond acceptors (Lipinski definition) is 4. The van der Waals surface area contributed by atoms with Crippen molar-refractivity contribution in [1.29, 1.82) is 0 Å². The number of hydrogen-bond donors (Lipinski definition) is 2. The number of halogens is 1. The van der Waals surface area contributed by atoms with Gasteiger partial charge < -0.3 is 20.4 Å². The third-order valence-corrected chi connectivity index (χ3v) is 7.94. The van der Waals surface area contributed by atoms with Crippen LogP contribution in [0.15, 0.2) is 4.99 Å². The second-order valence-corrected chi connectivity index (χ2v) is 10.2. The number of guanidine groups is 1. The molecular weight excluding hydrogens is 515 g/mol. The standard InChI is InChI=1S/C24H44N6O.HI/c1-25-24(27-22-10-12-29(19-22)18-20-6-2-3-7-20)26-11-13-28-14-16-30(17-15-28)23(31)21-8-4-5-9-21;/h20-22H,2-19H2,1H3,(H2,25,26,27);1H. The molecule has 7 nitrogen and oxygen atoms in total. The van der Waals surface area contributed by atoms with Gasteiger partial charge in [-0.1, -0.05) is 25.7 Å². The second-order valence-electron chi connectivity index (χ2n) is 10.2. The minimum Gasteiger partial charge on any atom is -0.355 e. The van der Waals surface area contributed by atoms with Gasteiger partial charge in [0.1, 0.15) is 0 Å². The molecule has 1 unspecified atom stereocenters. The average molecular weight is 561 g/mol. The van der Waals surface area contributed by atoms with Crippen molar-refractivity contribution < 1.29 is 4.79 Å². The van der Waals surface area contributed by atoms with Crippen molar-refractivity contribution in [1.82, 2.24) is 25.3 Å². The molecule has 2 heterocycles. The summed E-state index contributed by atoms with van der Waals surface area (Å²) < 4.78 is 0. The van der Waals surface area contributed by atoms with E-state index in [0.29, 0.717) is 17.9 Å². The summed E-state index contributed by atoms with van der Waals surface area (Å²) in [4.78, 5) is 24.3. The van der Waals surface area contributed by atoms with Gasteiger partial charge >= 0.3 is 0 Å². The summed E-state index contributed by atoms with van der Waals surface area (Å²) in [7, 11) is 1.87. The van der Waals surface area contributed by atoms with Crippen LogP contribution in [0, 0.1) is 11.8 Å². The Balaban J connectivity index is 0.00000289. The van der Waals surface area contributed by atoms with E-state index < -0.39 is 0 Å². The fraction of sp³-hybridized carbons (Fsp3) is 0.917. The Morgan fingerprint density at radius 3 is 2.28 bits per heavy atom. The first-order chi connectivity index (χ1) is 15.2. The predicted octanol–water partition coefficient (Wildman–Crippen LogP) is 2.37. The third-order valence-electron chi connectivity index (χ3n) is 7.94. The van der Waals surface area contributed by atoms with Gasteiger partial charge in [-0.3, -0.25) is 14.7 Å². The molecule has 184 valence electrons. The highest BCUT2D eigenvalue weighted by Crippen LogP contribution is 2.27. The van der Waals surface area contributed by atoms with Gasteiger partial charge in [0.15, 0.2) is 5.96 Å². The molecule has 2 N–H and O–H groups in total. The van der Waals surface area contributed by atoms with Crippen LogP contribution >= 0.6 is 24.0 Å². The van der Waals surface area contributed by atoms with Crippen LogP contribution < -0.4 is 10.6 Å². The summed E-state index contributed by atoms with van der Waals surface area (Å²) in [5.74, 6) is 2.60. The molecule has 2 aliphatic heterocycles. The topological polar surface area (TPSA) is 63.2 Å². The molecule has 1 amide bonds. The van der Waals surface area contributed by atoms with E-state index in [9.17, 15) is 4.79 Å². The van der Waals surface area contributed by atoms with Crippen LogP contribution in [0.4, 0.5) is 0 Å². The van der Waals surface area contributed by atoms with Gasteiger partial charge in [-0.05, 0) is 38.0 Å². The zero-order valence-electron chi connectivity index (χ0n) is 20.1. The van der Waals surface area contributed by atoms with Crippen molar-refractivity contribution in [3.05, 3.63) is 0 Å². The maximum absolute atomic E-state index is 12.6. The van der Waals surface area contributed by atoms with Crippen molar-refractivity contribution in [3.63, 3.8) is 0 Å². The largest absolute Gasteiger partial charge is 0.355 e. The fourth-order valence-electron chi connectivity index (χ4n) is 6.02. The van der Waals surface area contributed by atoms with E-state index in [4.69, 9.17) is 0 Å². The summed E-state index contributed by atoms with van der Waals surface area (Å²) >= 11 is 0. The maximum atomic E-state index is 12.6. The van der Waals surface area contributed by atoms with E-state index in [-0.39, 0.29) is 24.0 Å². The van der Waals surface area contributed by atoms with Gasteiger partial charge in [0.25, 0.3) is 0 Å². The zero-order valence-corrected chi connectivity index (χ0v) is 22.4. The summed E-state index contributed by atoms with van der Waals surface area (Å²) in [6, 6.07) is 0.512. The van der Waals surface area contributed by atoms with Gasteiger partial charge in [0.2, 0.25) is 5.91 Å². The lowest BCUT2D eigenvalue weighted by molar-refractivity contribution is -0.137. The fourth-order valence-corrected chi connectivity index (χ4v) is 6.02. The molecule has 4 fully saturated rings. The quantitative estimate of drug-likeness (QED) is 0.285. The minimum atomic E-state index is 0. The molecule has 2 saturated heterocycles. The third kappa shape index (κ3) is 7.45. The van der Waals surface area contributed by atoms with Crippen molar-refractivity contribution >= 4 is 35.8 Å². The predicted molar refractivity (Wildman–Crippen MR) is 142 cm³/mol. The molecule has 2 aliphatic carbocycles. The van der Waals surface area contributed by atoms with E-state index in [2.05, 4.69) is 30.3 Å². The molecule has 0 radical (unpaired) electrons. The highest BCUT2D eigenvalue weighted by Gasteiger charge is 2.29. The Morgan fingerprint density at radius 2 is 1.59 bits per heavy atom. The number of rotatable bonds is 7. The Morgan fingerprint density at radius 1 is 0.906 bits per heavy atom. The maximum Gasteiger partial charge on any atom is 0.225 e. The molecule has 0 aromatic carbocycles. The summed E-state index contributed by atoms with van der Waals surface area (Å²) in [6.07, 6.45) is 11.6. The molecule has 2 saturated carbocycles. The number of nitrogens with one attached hydrogen (secondary N) is 2. The lowest BCUT2D eigenvalue weighted by Gasteiger charge is -2.36. The van der Waals surface area contributed by atoms with Gasteiger partial charge in [0.05, 0.1) is 0 Å². The van der Waals surface area contributed by atoms with Crippen LogP contribution in [0.1, 0.15) is 57.8 Å². The molecule has 4 aliphatic rings. The second kappa shape index (κ2) is 13.3. The Hall–Kier alpha value is -0.610. The zero-order chi connectivity index (χ0) is 21.5. The molecule has 0 aromatic heterocycles. The van der Waals surface area contributed by atoms with Crippen LogP contribution in [0.3, 0.4) is 0 Å². The van der Waals surface area contributed by atoms with Gasteiger partial charge in [-0.2, -0.15) is 0 Å². The summed E-state index contributed by atoms with van der Waals surface area (Å²) in [5.41, 5.74) is 0. The number of amides is 1. The first-order valence-electron chi connectivity index (χ1n) is 12.9. The smallest absolute Gasteiger partial charge is 0.225 e. The highest BCUT2D eigenvalue weighted by atomic mass is 127. The molecular formula is C24H45IN6O. The number of carbonyl (C=O) groups excluding carboxylic acids is 1. The Labute approximate surface area is 212 Å². The number of nitrogens with zero attached hydrogens (tertiary/aromatic N) is 4. The molecule has 32 heavy (non-hydrogen) atoms. The minimum absolute atomic E-state index is 0. The number of carbonyl (C=O) groups is 1. The Kier molecular flexibility index (Phi) is 10.8. The van der Waals surface area contributed by atoms with E-state index >= 15 is 0 Å². The van der Waals surface area contributed by atoms with Gasteiger partial charge in [-0.25, -0.2) is 0 Å². The number of piperazine rings is 1. The lowest BCUT2D eigenvalue weighted by Crippen LogP contribution is -2.52. The number of likely N-dealkylation sites (tertiary alicyclic amines) is 1.